The molecule has 0 aliphatic rings. The molecule has 17 heavy (non-hydrogen) atoms. The van der Waals surface area contributed by atoms with Gasteiger partial charge < -0.3 is 0 Å². The van der Waals surface area contributed by atoms with Gasteiger partial charge in [-0.1, -0.05) is 0 Å². The molecule has 0 fully saturated rings. The Morgan fingerprint density at radius 2 is 2.18 bits per heavy atom. The number of carbonyl (C=O) groups excluding carboxylic acids is 2. The van der Waals surface area contributed by atoms with Gasteiger partial charge in [-0.3, -0.25) is 19.6 Å². The van der Waals surface area contributed by atoms with Crippen LogP contribution in [0, 0.1) is 6.92 Å². The number of aryl methyl sites for hydroxylation is 2. The number of Topliss-reactive ketones (excluding diaryl/α,β-unsaturated/α-hetero) is 1. The van der Waals surface area contributed by atoms with E-state index in [0.29, 0.717) is 5.13 Å². The Labute approximate surface area is 101 Å². The van der Waals surface area contributed by atoms with E-state index in [2.05, 4.69) is 15.4 Å². The lowest BCUT2D eigenvalue weighted by Crippen LogP contribution is -2.22. The van der Waals surface area contributed by atoms with Crippen LogP contribution in [-0.2, 0) is 11.8 Å². The standard InChI is InChI=1S/C10H10N4O2S/c1-6-3-11-10(17-6)13-9(16)8(15)7-4-12-14(2)5-7/h3-5H,1-2H3,(H,11,13,16). The van der Waals surface area contributed by atoms with Crippen LogP contribution < -0.4 is 5.32 Å². The molecule has 0 saturated heterocycles. The number of amides is 1. The maximum atomic E-state index is 11.7. The van der Waals surface area contributed by atoms with Crippen LogP contribution in [0.3, 0.4) is 0 Å². The smallest absolute Gasteiger partial charge is 0.295 e. The molecular weight excluding hydrogens is 240 g/mol. The quantitative estimate of drug-likeness (QED) is 0.651. The summed E-state index contributed by atoms with van der Waals surface area (Å²) < 4.78 is 1.47. The molecule has 0 unspecified atom stereocenters. The molecule has 0 atom stereocenters. The summed E-state index contributed by atoms with van der Waals surface area (Å²) in [5, 5.41) is 6.71. The van der Waals surface area contributed by atoms with Crippen molar-refractivity contribution in [3.63, 3.8) is 0 Å². The number of anilines is 1. The fraction of sp³-hybridized carbons (Fsp3) is 0.200. The molecule has 88 valence electrons. The van der Waals surface area contributed by atoms with Crippen molar-refractivity contribution in [2.75, 3.05) is 5.32 Å². The first-order valence-electron chi connectivity index (χ1n) is 4.83. The van der Waals surface area contributed by atoms with Crippen LogP contribution in [0.25, 0.3) is 0 Å². The first-order valence-corrected chi connectivity index (χ1v) is 5.64. The Bertz CT molecular complexity index is 572. The Morgan fingerprint density at radius 3 is 2.71 bits per heavy atom. The summed E-state index contributed by atoms with van der Waals surface area (Å²) in [6, 6.07) is 0. The number of nitrogens with one attached hydrogen (secondary N) is 1. The van der Waals surface area contributed by atoms with E-state index in [1.165, 1.54) is 28.4 Å². The van der Waals surface area contributed by atoms with Gasteiger partial charge in [0.25, 0.3) is 11.7 Å². The fourth-order valence-corrected chi connectivity index (χ4v) is 1.90. The van der Waals surface area contributed by atoms with E-state index in [4.69, 9.17) is 0 Å². The van der Waals surface area contributed by atoms with Crippen molar-refractivity contribution in [1.82, 2.24) is 14.8 Å². The monoisotopic (exact) mass is 250 g/mol. The lowest BCUT2D eigenvalue weighted by Gasteiger charge is -1.97. The van der Waals surface area contributed by atoms with E-state index >= 15 is 0 Å². The Hall–Kier alpha value is -2.02. The van der Waals surface area contributed by atoms with Gasteiger partial charge in [0.1, 0.15) is 0 Å². The van der Waals surface area contributed by atoms with Crippen molar-refractivity contribution in [3.05, 3.63) is 29.0 Å². The molecule has 0 radical (unpaired) electrons. The highest BCUT2D eigenvalue weighted by molar-refractivity contribution is 7.15. The van der Waals surface area contributed by atoms with Gasteiger partial charge in [-0.2, -0.15) is 5.10 Å². The largest absolute Gasteiger partial charge is 0.298 e. The lowest BCUT2D eigenvalue weighted by atomic mass is 10.2. The second-order valence-corrected chi connectivity index (χ2v) is 4.70. The molecule has 7 heteroatoms. The minimum Gasteiger partial charge on any atom is -0.295 e. The van der Waals surface area contributed by atoms with Gasteiger partial charge in [0.05, 0.1) is 11.8 Å². The predicted octanol–water partition coefficient (Wildman–Crippen LogP) is 1.01. The average molecular weight is 250 g/mol. The molecule has 0 aliphatic carbocycles. The normalized spacial score (nSPS) is 10.2. The second kappa shape index (κ2) is 4.46. The topological polar surface area (TPSA) is 76.9 Å². The molecule has 0 saturated carbocycles. The Morgan fingerprint density at radius 1 is 1.41 bits per heavy atom. The minimum absolute atomic E-state index is 0.262. The molecule has 0 aliphatic heterocycles. The SMILES string of the molecule is Cc1cnc(NC(=O)C(=O)c2cnn(C)c2)s1. The Kier molecular flexibility index (Phi) is 3.01. The number of carbonyl (C=O) groups is 2. The number of aromatic nitrogens is 3. The van der Waals surface area contributed by atoms with Crippen LogP contribution >= 0.6 is 11.3 Å². The molecule has 1 N–H and O–H groups in total. The van der Waals surface area contributed by atoms with Crippen LogP contribution in [0.1, 0.15) is 15.2 Å². The number of thiazole rings is 1. The molecule has 0 aromatic carbocycles. The van der Waals surface area contributed by atoms with Crippen molar-refractivity contribution in [2.45, 2.75) is 6.92 Å². The first-order chi connectivity index (χ1) is 8.06. The molecule has 2 aromatic rings. The van der Waals surface area contributed by atoms with Gasteiger partial charge in [-0.05, 0) is 6.92 Å². The molecule has 0 bridgehead atoms. The zero-order valence-electron chi connectivity index (χ0n) is 9.30. The van der Waals surface area contributed by atoms with Gasteiger partial charge >= 0.3 is 0 Å². The highest BCUT2D eigenvalue weighted by Crippen LogP contribution is 2.16. The van der Waals surface area contributed by atoms with E-state index < -0.39 is 11.7 Å². The third-order valence-electron chi connectivity index (χ3n) is 2.02. The fourth-order valence-electron chi connectivity index (χ4n) is 1.24. The summed E-state index contributed by atoms with van der Waals surface area (Å²) in [4.78, 5) is 28.2. The van der Waals surface area contributed by atoms with Crippen molar-refractivity contribution < 1.29 is 9.59 Å². The predicted molar refractivity (Wildman–Crippen MR) is 63.0 cm³/mol. The van der Waals surface area contributed by atoms with E-state index in [0.717, 1.165) is 4.88 Å². The van der Waals surface area contributed by atoms with E-state index in [1.54, 1.807) is 13.2 Å². The molecule has 0 spiro atoms. The van der Waals surface area contributed by atoms with Crippen LogP contribution in [0.15, 0.2) is 18.6 Å². The van der Waals surface area contributed by atoms with E-state index in [1.807, 2.05) is 6.92 Å². The van der Waals surface area contributed by atoms with Gasteiger partial charge in [-0.15, -0.1) is 11.3 Å². The van der Waals surface area contributed by atoms with Crippen LogP contribution in [0.2, 0.25) is 0 Å². The van der Waals surface area contributed by atoms with Crippen LogP contribution in [-0.4, -0.2) is 26.5 Å². The maximum absolute atomic E-state index is 11.7. The third kappa shape index (κ3) is 2.56. The average Bonchev–Trinajstić information content (AvgIpc) is 2.87. The van der Waals surface area contributed by atoms with Crippen molar-refractivity contribution in [1.29, 1.82) is 0 Å². The molecule has 1 amide bonds. The Balaban J connectivity index is 2.08. The molecule has 2 heterocycles. The van der Waals surface area contributed by atoms with E-state index in [-0.39, 0.29) is 5.56 Å². The summed E-state index contributed by atoms with van der Waals surface area (Å²) >= 11 is 1.32. The highest BCUT2D eigenvalue weighted by Gasteiger charge is 2.18. The van der Waals surface area contributed by atoms with E-state index in [9.17, 15) is 9.59 Å². The van der Waals surface area contributed by atoms with Gasteiger partial charge in [0.2, 0.25) is 0 Å². The molecule has 6 nitrogen and oxygen atoms in total. The summed E-state index contributed by atoms with van der Waals surface area (Å²) in [6.45, 7) is 1.87. The van der Waals surface area contributed by atoms with Crippen LogP contribution in [0.5, 0.6) is 0 Å². The summed E-state index contributed by atoms with van der Waals surface area (Å²) in [6.07, 6.45) is 4.48. The third-order valence-corrected chi connectivity index (χ3v) is 2.84. The van der Waals surface area contributed by atoms with Gasteiger partial charge in [-0.25, -0.2) is 4.98 Å². The maximum Gasteiger partial charge on any atom is 0.298 e. The van der Waals surface area contributed by atoms with Crippen molar-refractivity contribution in [2.24, 2.45) is 7.05 Å². The zero-order valence-corrected chi connectivity index (χ0v) is 10.1. The summed E-state index contributed by atoms with van der Waals surface area (Å²) in [5.74, 6) is -1.32. The molecule has 2 aromatic heterocycles. The number of hydrogen-bond acceptors (Lipinski definition) is 5. The highest BCUT2D eigenvalue weighted by atomic mass is 32.1. The first kappa shape index (κ1) is 11.5. The van der Waals surface area contributed by atoms with Crippen molar-refractivity contribution >= 4 is 28.2 Å². The number of rotatable bonds is 3. The number of nitrogens with zero attached hydrogens (tertiary/aromatic N) is 3. The van der Waals surface area contributed by atoms with Gasteiger partial charge in [0, 0.05) is 24.3 Å². The molecule has 2 rings (SSSR count). The van der Waals surface area contributed by atoms with Crippen LogP contribution in [0.4, 0.5) is 5.13 Å². The van der Waals surface area contributed by atoms with Gasteiger partial charge in [0.15, 0.2) is 5.13 Å². The number of hydrogen-bond donors (Lipinski definition) is 1. The second-order valence-electron chi connectivity index (χ2n) is 3.46. The summed E-state index contributed by atoms with van der Waals surface area (Å²) in [5.41, 5.74) is 0.262. The molecular formula is C10H10N4O2S. The summed E-state index contributed by atoms with van der Waals surface area (Å²) in [7, 11) is 1.68. The lowest BCUT2D eigenvalue weighted by molar-refractivity contribution is -0.112. The zero-order chi connectivity index (χ0) is 12.4. The minimum atomic E-state index is -0.702. The number of ketones is 1. The van der Waals surface area contributed by atoms with Crippen molar-refractivity contribution in [3.8, 4) is 0 Å².